The molecule has 39 heavy (non-hydrogen) atoms. The average Bonchev–Trinajstić information content (AvgIpc) is 3.18. The Bertz CT molecular complexity index is 1420. The van der Waals surface area contributed by atoms with Crippen LogP contribution in [0, 0.1) is 13.8 Å². The van der Waals surface area contributed by atoms with Crippen LogP contribution < -0.4 is 19.5 Å². The maximum absolute atomic E-state index is 12.8. The van der Waals surface area contributed by atoms with Gasteiger partial charge in [-0.25, -0.2) is 0 Å². The minimum Gasteiger partial charge on any atom is -0.493 e. The summed E-state index contributed by atoms with van der Waals surface area (Å²) in [6.07, 6.45) is 1.62. The van der Waals surface area contributed by atoms with Gasteiger partial charge in [-0.05, 0) is 90.8 Å². The number of hydrogen-bond donors (Lipinski definition) is 1. The highest BCUT2D eigenvalue weighted by molar-refractivity contribution is 8.18. The van der Waals surface area contributed by atoms with Crippen LogP contribution in [0.4, 0.5) is 10.5 Å². The van der Waals surface area contributed by atoms with Crippen LogP contribution >= 0.6 is 23.4 Å². The largest absolute Gasteiger partial charge is 0.493 e. The maximum atomic E-state index is 12.8. The third-order valence-corrected chi connectivity index (χ3v) is 7.15. The predicted molar refractivity (Wildman–Crippen MR) is 153 cm³/mol. The minimum absolute atomic E-state index is 0.116. The number of ether oxygens (including phenoxy) is 3. The molecule has 0 atom stereocenters. The van der Waals surface area contributed by atoms with Gasteiger partial charge in [0.05, 0.1) is 18.6 Å². The third kappa shape index (κ3) is 7.13. The standard InChI is InChI=1S/C29H27ClN2O6S/c1-18-5-4-6-23(19(18)2)31-27(33)17-38-24-12-7-20(15-25(24)36-3)16-26-28(34)32(29(35)39-26)13-14-37-22-10-8-21(30)9-11-22/h4-12,15-16H,13-14,17H2,1-3H3,(H,31,33)/b26-16-. The molecule has 8 nitrogen and oxygen atoms in total. The summed E-state index contributed by atoms with van der Waals surface area (Å²) in [5, 5.41) is 3.08. The molecule has 202 valence electrons. The SMILES string of the molecule is COc1cc(/C=C2\SC(=O)N(CCOc3ccc(Cl)cc3)C2=O)ccc1OCC(=O)Nc1cccc(C)c1C. The van der Waals surface area contributed by atoms with Gasteiger partial charge in [0, 0.05) is 10.7 Å². The molecule has 0 saturated carbocycles. The molecule has 3 amide bonds. The first-order chi connectivity index (χ1) is 18.7. The number of imide groups is 1. The van der Waals surface area contributed by atoms with E-state index in [4.69, 9.17) is 25.8 Å². The van der Waals surface area contributed by atoms with Crippen molar-refractivity contribution in [2.45, 2.75) is 13.8 Å². The van der Waals surface area contributed by atoms with Crippen LogP contribution in [-0.4, -0.2) is 48.8 Å². The van der Waals surface area contributed by atoms with E-state index in [0.717, 1.165) is 33.5 Å². The topological polar surface area (TPSA) is 94.2 Å². The van der Waals surface area contributed by atoms with Gasteiger partial charge in [-0.1, -0.05) is 29.8 Å². The fraction of sp³-hybridized carbons (Fsp3) is 0.207. The zero-order valence-corrected chi connectivity index (χ0v) is 23.2. The Morgan fingerprint density at radius 2 is 1.79 bits per heavy atom. The number of nitrogens with zero attached hydrogens (tertiary/aromatic N) is 1. The first-order valence-corrected chi connectivity index (χ1v) is 13.2. The smallest absolute Gasteiger partial charge is 0.293 e. The first-order valence-electron chi connectivity index (χ1n) is 12.1. The van der Waals surface area contributed by atoms with Crippen molar-refractivity contribution in [3.05, 3.63) is 87.3 Å². The lowest BCUT2D eigenvalue weighted by Crippen LogP contribution is -2.32. The van der Waals surface area contributed by atoms with Crippen LogP contribution in [0.3, 0.4) is 0 Å². The summed E-state index contributed by atoms with van der Waals surface area (Å²) in [5.41, 5.74) is 3.44. The molecule has 0 aromatic heterocycles. The van der Waals surface area contributed by atoms with E-state index in [0.29, 0.717) is 27.8 Å². The van der Waals surface area contributed by atoms with Crippen molar-refractivity contribution in [2.24, 2.45) is 0 Å². The number of rotatable bonds is 10. The Hall–Kier alpha value is -3.95. The normalized spacial score (nSPS) is 14.1. The van der Waals surface area contributed by atoms with Crippen molar-refractivity contribution in [2.75, 3.05) is 32.2 Å². The molecule has 3 aromatic rings. The number of anilines is 1. The van der Waals surface area contributed by atoms with Gasteiger partial charge in [-0.2, -0.15) is 0 Å². The van der Waals surface area contributed by atoms with E-state index >= 15 is 0 Å². The summed E-state index contributed by atoms with van der Waals surface area (Å²) < 4.78 is 16.7. The zero-order valence-electron chi connectivity index (χ0n) is 21.7. The van der Waals surface area contributed by atoms with Crippen molar-refractivity contribution in [3.63, 3.8) is 0 Å². The number of nitrogens with one attached hydrogen (secondary N) is 1. The molecule has 1 saturated heterocycles. The van der Waals surface area contributed by atoms with E-state index in [2.05, 4.69) is 5.32 Å². The Balaban J connectivity index is 1.35. The fourth-order valence-electron chi connectivity index (χ4n) is 3.74. The molecule has 1 heterocycles. The zero-order chi connectivity index (χ0) is 27.9. The molecule has 1 aliphatic rings. The van der Waals surface area contributed by atoms with E-state index in [1.54, 1.807) is 48.5 Å². The lowest BCUT2D eigenvalue weighted by Gasteiger charge is -2.13. The molecule has 3 aromatic carbocycles. The second-order valence-electron chi connectivity index (χ2n) is 8.63. The van der Waals surface area contributed by atoms with Gasteiger partial charge in [0.15, 0.2) is 18.1 Å². The number of hydrogen-bond acceptors (Lipinski definition) is 7. The number of amides is 3. The van der Waals surface area contributed by atoms with E-state index in [-0.39, 0.29) is 35.8 Å². The van der Waals surface area contributed by atoms with Gasteiger partial charge < -0.3 is 19.5 Å². The van der Waals surface area contributed by atoms with E-state index < -0.39 is 5.91 Å². The molecule has 1 N–H and O–H groups in total. The van der Waals surface area contributed by atoms with Gasteiger partial charge in [-0.3, -0.25) is 19.3 Å². The fourth-order valence-corrected chi connectivity index (χ4v) is 4.73. The Labute approximate surface area is 235 Å². The van der Waals surface area contributed by atoms with E-state index in [1.165, 1.54) is 7.11 Å². The summed E-state index contributed by atoms with van der Waals surface area (Å²) >= 11 is 6.73. The van der Waals surface area contributed by atoms with E-state index in [1.807, 2.05) is 32.0 Å². The Morgan fingerprint density at radius 3 is 2.54 bits per heavy atom. The first kappa shape index (κ1) is 28.1. The highest BCUT2D eigenvalue weighted by Gasteiger charge is 2.34. The van der Waals surface area contributed by atoms with Crippen LogP contribution in [0.25, 0.3) is 6.08 Å². The van der Waals surface area contributed by atoms with Crippen LogP contribution in [0.5, 0.6) is 17.2 Å². The quantitative estimate of drug-likeness (QED) is 0.296. The van der Waals surface area contributed by atoms with E-state index in [9.17, 15) is 14.4 Å². The van der Waals surface area contributed by atoms with Crippen LogP contribution in [-0.2, 0) is 9.59 Å². The number of carbonyl (C=O) groups is 3. The van der Waals surface area contributed by atoms with Gasteiger partial charge in [-0.15, -0.1) is 0 Å². The number of methoxy groups -OCH3 is 1. The Morgan fingerprint density at radius 1 is 1.03 bits per heavy atom. The lowest BCUT2D eigenvalue weighted by molar-refractivity contribution is -0.123. The van der Waals surface area contributed by atoms with Crippen molar-refractivity contribution >= 4 is 52.2 Å². The van der Waals surface area contributed by atoms with Crippen molar-refractivity contribution in [1.82, 2.24) is 4.90 Å². The van der Waals surface area contributed by atoms with Gasteiger partial charge >= 0.3 is 0 Å². The molecule has 0 unspecified atom stereocenters. The summed E-state index contributed by atoms with van der Waals surface area (Å²) in [4.78, 5) is 39.2. The number of halogens is 1. The summed E-state index contributed by atoms with van der Waals surface area (Å²) in [7, 11) is 1.48. The molecule has 0 radical (unpaired) electrons. The third-order valence-electron chi connectivity index (χ3n) is 5.99. The molecule has 1 aliphatic heterocycles. The van der Waals surface area contributed by atoms with Gasteiger partial charge in [0.1, 0.15) is 12.4 Å². The van der Waals surface area contributed by atoms with Crippen LogP contribution in [0.1, 0.15) is 16.7 Å². The molecule has 0 aliphatic carbocycles. The number of thioether (sulfide) groups is 1. The molecular weight excluding hydrogens is 540 g/mol. The van der Waals surface area contributed by atoms with Crippen molar-refractivity contribution in [1.29, 1.82) is 0 Å². The molecular formula is C29H27ClN2O6S. The highest BCUT2D eigenvalue weighted by Crippen LogP contribution is 2.34. The maximum Gasteiger partial charge on any atom is 0.293 e. The Kier molecular flexibility index (Phi) is 9.16. The lowest BCUT2D eigenvalue weighted by atomic mass is 10.1. The number of carbonyl (C=O) groups excluding carboxylic acids is 3. The second-order valence-corrected chi connectivity index (χ2v) is 10.1. The highest BCUT2D eigenvalue weighted by atomic mass is 35.5. The summed E-state index contributed by atoms with van der Waals surface area (Å²) in [6, 6.07) is 17.6. The molecule has 1 fully saturated rings. The molecule has 0 spiro atoms. The molecule has 0 bridgehead atoms. The molecule has 10 heteroatoms. The van der Waals surface area contributed by atoms with Crippen LogP contribution in [0.2, 0.25) is 5.02 Å². The second kappa shape index (κ2) is 12.7. The number of aryl methyl sites for hydroxylation is 1. The van der Waals surface area contributed by atoms with Crippen molar-refractivity contribution in [3.8, 4) is 17.2 Å². The summed E-state index contributed by atoms with van der Waals surface area (Å²) in [6.45, 7) is 3.98. The molecule has 4 rings (SSSR count). The van der Waals surface area contributed by atoms with Crippen molar-refractivity contribution < 1.29 is 28.6 Å². The van der Waals surface area contributed by atoms with Gasteiger partial charge in [0.25, 0.3) is 17.1 Å². The average molecular weight is 567 g/mol. The monoisotopic (exact) mass is 566 g/mol. The minimum atomic E-state index is -0.396. The predicted octanol–water partition coefficient (Wildman–Crippen LogP) is 6.10. The van der Waals surface area contributed by atoms with Gasteiger partial charge in [0.2, 0.25) is 0 Å². The summed E-state index contributed by atoms with van der Waals surface area (Å²) in [5.74, 6) is 0.659. The van der Waals surface area contributed by atoms with Crippen LogP contribution in [0.15, 0.2) is 65.6 Å². The number of benzene rings is 3.